The van der Waals surface area contributed by atoms with E-state index in [2.05, 4.69) is 6.07 Å². The van der Waals surface area contributed by atoms with E-state index in [0.29, 0.717) is 23.8 Å². The van der Waals surface area contributed by atoms with Gasteiger partial charge in [-0.25, -0.2) is 0 Å². The molecule has 0 aliphatic heterocycles. The Bertz CT molecular complexity index is 504. The minimum atomic E-state index is -2.05. The largest absolute Gasteiger partial charge is 0.393 e. The van der Waals surface area contributed by atoms with Gasteiger partial charge in [0.2, 0.25) is 11.9 Å². The second-order valence-corrected chi connectivity index (χ2v) is 10.7. The van der Waals surface area contributed by atoms with Crippen LogP contribution in [0.15, 0.2) is 24.3 Å². The fourth-order valence-electron chi connectivity index (χ4n) is 2.15. The molecule has 0 saturated heterocycles. The molecule has 4 nitrogen and oxygen atoms in total. The molecule has 22 heavy (non-hydrogen) atoms. The van der Waals surface area contributed by atoms with Crippen LogP contribution in [0.1, 0.15) is 19.4 Å². The molecule has 0 aliphatic rings. The molecule has 0 radical (unpaired) electrons. The molecule has 1 atom stereocenters. The molecule has 6 heteroatoms. The smallest absolute Gasteiger partial charge is 0.221 e. The van der Waals surface area contributed by atoms with Crippen molar-refractivity contribution < 1.29 is 13.9 Å². The average Bonchev–Trinajstić information content (AvgIpc) is 2.44. The van der Waals surface area contributed by atoms with Gasteiger partial charge in [-0.15, -0.1) is 0 Å². The normalized spacial score (nSPS) is 14.6. The van der Waals surface area contributed by atoms with E-state index >= 15 is 0 Å². The highest BCUT2D eigenvalue weighted by molar-refractivity contribution is 6.69. The van der Waals surface area contributed by atoms with Gasteiger partial charge in [-0.2, -0.15) is 5.26 Å². The van der Waals surface area contributed by atoms with E-state index in [1.54, 1.807) is 24.3 Å². The van der Waals surface area contributed by atoms with Crippen molar-refractivity contribution in [2.75, 3.05) is 13.2 Å². The van der Waals surface area contributed by atoms with Crippen LogP contribution in [0.25, 0.3) is 0 Å². The SMILES string of the molecule is CCOC(OCC)[C@@](C#N)(O[Si](C)(C)C)c1ccc(Cl)cc1. The Labute approximate surface area is 139 Å². The summed E-state index contributed by atoms with van der Waals surface area (Å²) < 4.78 is 17.6. The van der Waals surface area contributed by atoms with Crippen LogP contribution < -0.4 is 0 Å². The van der Waals surface area contributed by atoms with Gasteiger partial charge in [0.25, 0.3) is 0 Å². The summed E-state index contributed by atoms with van der Waals surface area (Å²) in [7, 11) is -2.05. The molecule has 0 bridgehead atoms. The Kier molecular flexibility index (Phi) is 7.04. The van der Waals surface area contributed by atoms with Crippen LogP contribution in [0.3, 0.4) is 0 Å². The first kappa shape index (κ1) is 19.1. The van der Waals surface area contributed by atoms with E-state index in [1.165, 1.54) is 0 Å². The third-order valence-electron chi connectivity index (χ3n) is 2.87. The van der Waals surface area contributed by atoms with Crippen molar-refractivity contribution in [1.82, 2.24) is 0 Å². The molecule has 1 aromatic carbocycles. The van der Waals surface area contributed by atoms with Gasteiger partial charge in [0.15, 0.2) is 8.32 Å². The van der Waals surface area contributed by atoms with Crippen LogP contribution in [0, 0.1) is 11.3 Å². The highest BCUT2D eigenvalue weighted by atomic mass is 35.5. The number of hydrogen-bond acceptors (Lipinski definition) is 4. The van der Waals surface area contributed by atoms with Crippen LogP contribution in [-0.4, -0.2) is 27.8 Å². The molecule has 0 aromatic heterocycles. The van der Waals surface area contributed by atoms with E-state index in [4.69, 9.17) is 25.5 Å². The molecular weight excluding hydrogens is 318 g/mol. The van der Waals surface area contributed by atoms with E-state index in [9.17, 15) is 5.26 Å². The highest BCUT2D eigenvalue weighted by Gasteiger charge is 2.47. The molecule has 0 spiro atoms. The molecule has 122 valence electrons. The Morgan fingerprint density at radius 3 is 2.00 bits per heavy atom. The van der Waals surface area contributed by atoms with Crippen molar-refractivity contribution >= 4 is 19.9 Å². The number of nitrogens with zero attached hydrogens (tertiary/aromatic N) is 1. The van der Waals surface area contributed by atoms with E-state index in [0.717, 1.165) is 0 Å². The molecule has 0 fully saturated rings. The lowest BCUT2D eigenvalue weighted by Crippen LogP contribution is -2.50. The summed E-state index contributed by atoms with van der Waals surface area (Å²) in [5.41, 5.74) is -0.616. The van der Waals surface area contributed by atoms with Gasteiger partial charge in [-0.05, 0) is 45.6 Å². The van der Waals surface area contributed by atoms with Gasteiger partial charge in [-0.1, -0.05) is 23.7 Å². The third kappa shape index (κ3) is 4.80. The van der Waals surface area contributed by atoms with Gasteiger partial charge < -0.3 is 13.9 Å². The lowest BCUT2D eigenvalue weighted by molar-refractivity contribution is -0.213. The Morgan fingerprint density at radius 1 is 1.14 bits per heavy atom. The summed E-state index contributed by atoms with van der Waals surface area (Å²) >= 11 is 5.96. The van der Waals surface area contributed by atoms with E-state index in [-0.39, 0.29) is 0 Å². The first-order valence-corrected chi connectivity index (χ1v) is 11.2. The topological polar surface area (TPSA) is 51.5 Å². The maximum absolute atomic E-state index is 9.94. The van der Waals surface area contributed by atoms with Crippen molar-refractivity contribution in [2.45, 2.75) is 45.4 Å². The second-order valence-electron chi connectivity index (χ2n) is 5.81. The van der Waals surface area contributed by atoms with Crippen LogP contribution in [-0.2, 0) is 19.5 Å². The molecule has 0 heterocycles. The zero-order valence-corrected chi connectivity index (χ0v) is 15.6. The minimum absolute atomic E-state index is 0.427. The number of hydrogen-bond donors (Lipinski definition) is 0. The molecule has 0 aliphatic carbocycles. The maximum Gasteiger partial charge on any atom is 0.221 e. The standard InChI is InChI=1S/C16H24ClNO3Si/c1-6-19-15(20-7-2)16(12-18,21-22(3,4)5)13-8-10-14(17)11-9-13/h8-11,15H,6-7H2,1-5H3/t16-/m0/s1. The molecule has 1 rings (SSSR count). The summed E-state index contributed by atoms with van der Waals surface area (Å²) in [6, 6.07) is 9.36. The Hall–Kier alpha value is -0.903. The predicted molar refractivity (Wildman–Crippen MR) is 90.2 cm³/mol. The lowest BCUT2D eigenvalue weighted by Gasteiger charge is -2.39. The van der Waals surface area contributed by atoms with Crippen molar-refractivity contribution in [1.29, 1.82) is 5.26 Å². The lowest BCUT2D eigenvalue weighted by atomic mass is 9.94. The van der Waals surface area contributed by atoms with Gasteiger partial charge >= 0.3 is 0 Å². The van der Waals surface area contributed by atoms with Gasteiger partial charge in [-0.3, -0.25) is 0 Å². The number of rotatable bonds is 8. The monoisotopic (exact) mass is 341 g/mol. The van der Waals surface area contributed by atoms with Gasteiger partial charge in [0.05, 0.1) is 0 Å². The number of ether oxygens (including phenoxy) is 2. The zero-order chi connectivity index (χ0) is 16.8. The van der Waals surface area contributed by atoms with Crippen LogP contribution in [0.2, 0.25) is 24.7 Å². The summed E-state index contributed by atoms with van der Waals surface area (Å²) in [5.74, 6) is 0. The summed E-state index contributed by atoms with van der Waals surface area (Å²) in [4.78, 5) is 0. The molecule has 0 saturated carbocycles. The summed E-state index contributed by atoms with van der Waals surface area (Å²) in [6.45, 7) is 10.7. The summed E-state index contributed by atoms with van der Waals surface area (Å²) in [5, 5.41) is 10.5. The third-order valence-corrected chi connectivity index (χ3v) is 4.06. The fourth-order valence-corrected chi connectivity index (χ4v) is 3.50. The van der Waals surface area contributed by atoms with Crippen LogP contribution >= 0.6 is 11.6 Å². The van der Waals surface area contributed by atoms with E-state index in [1.807, 2.05) is 33.5 Å². The first-order chi connectivity index (χ1) is 10.3. The fraction of sp³-hybridized carbons (Fsp3) is 0.562. The van der Waals surface area contributed by atoms with Crippen LogP contribution in [0.5, 0.6) is 0 Å². The predicted octanol–water partition coefficient (Wildman–Crippen LogP) is 4.31. The zero-order valence-electron chi connectivity index (χ0n) is 13.9. The Morgan fingerprint density at radius 2 is 1.64 bits per heavy atom. The molecule has 0 unspecified atom stereocenters. The van der Waals surface area contributed by atoms with Crippen LogP contribution in [0.4, 0.5) is 0 Å². The first-order valence-electron chi connectivity index (χ1n) is 7.39. The number of halogens is 1. The van der Waals surface area contributed by atoms with Gasteiger partial charge in [0, 0.05) is 23.8 Å². The Balaban J connectivity index is 3.39. The van der Waals surface area contributed by atoms with Crippen molar-refractivity contribution in [3.63, 3.8) is 0 Å². The maximum atomic E-state index is 9.94. The second kappa shape index (κ2) is 8.09. The molecule has 0 amide bonds. The van der Waals surface area contributed by atoms with Crippen molar-refractivity contribution in [2.24, 2.45) is 0 Å². The van der Waals surface area contributed by atoms with Crippen molar-refractivity contribution in [3.05, 3.63) is 34.9 Å². The van der Waals surface area contributed by atoms with Gasteiger partial charge in [0.1, 0.15) is 6.07 Å². The number of nitriles is 1. The molecule has 0 N–H and O–H groups in total. The number of benzene rings is 1. The minimum Gasteiger partial charge on any atom is -0.393 e. The average molecular weight is 342 g/mol. The molecular formula is C16H24ClNO3Si. The highest BCUT2D eigenvalue weighted by Crippen LogP contribution is 2.35. The van der Waals surface area contributed by atoms with E-state index < -0.39 is 20.2 Å². The van der Waals surface area contributed by atoms with Crippen molar-refractivity contribution in [3.8, 4) is 6.07 Å². The quantitative estimate of drug-likeness (QED) is 0.522. The summed E-state index contributed by atoms with van der Waals surface area (Å²) in [6.07, 6.45) is -0.791. The molecule has 1 aromatic rings.